The fraction of sp³-hybridized carbons (Fsp3) is 1.00. The molecule has 3 unspecified atom stereocenters. The van der Waals surface area contributed by atoms with Crippen LogP contribution in [0.15, 0.2) is 0 Å². The van der Waals surface area contributed by atoms with Crippen LogP contribution in [0.5, 0.6) is 0 Å². The van der Waals surface area contributed by atoms with Crippen molar-refractivity contribution in [3.63, 3.8) is 0 Å². The Kier molecular flexibility index (Phi) is 6.32. The standard InChI is InChI=1S/C17H36N2/c1-7-15(18)16(17(4,5)6)19-11-8-9-14(10-12-19)13(2)3/h13-16H,7-12,18H2,1-6H3. The highest BCUT2D eigenvalue weighted by molar-refractivity contribution is 4.91. The molecule has 0 aromatic heterocycles. The van der Waals surface area contributed by atoms with Gasteiger partial charge in [-0.3, -0.25) is 4.90 Å². The van der Waals surface area contributed by atoms with Crippen LogP contribution < -0.4 is 5.73 Å². The van der Waals surface area contributed by atoms with E-state index in [4.69, 9.17) is 5.73 Å². The first kappa shape index (κ1) is 17.0. The van der Waals surface area contributed by atoms with Crippen molar-refractivity contribution in [2.45, 2.75) is 79.3 Å². The molecule has 0 radical (unpaired) electrons. The van der Waals surface area contributed by atoms with Gasteiger partial charge in [-0.1, -0.05) is 41.5 Å². The molecular formula is C17H36N2. The van der Waals surface area contributed by atoms with Crippen LogP contribution in [0.4, 0.5) is 0 Å². The Bertz CT molecular complexity index is 254. The first-order valence-corrected chi connectivity index (χ1v) is 8.27. The monoisotopic (exact) mass is 268 g/mol. The largest absolute Gasteiger partial charge is 0.326 e. The van der Waals surface area contributed by atoms with Gasteiger partial charge in [0, 0.05) is 12.1 Å². The van der Waals surface area contributed by atoms with Gasteiger partial charge in [-0.15, -0.1) is 0 Å². The van der Waals surface area contributed by atoms with Crippen molar-refractivity contribution in [2.75, 3.05) is 13.1 Å². The molecule has 1 fully saturated rings. The van der Waals surface area contributed by atoms with Crippen LogP contribution in [0.1, 0.15) is 67.2 Å². The molecule has 0 saturated carbocycles. The minimum absolute atomic E-state index is 0.271. The zero-order valence-electron chi connectivity index (χ0n) is 14.1. The van der Waals surface area contributed by atoms with Gasteiger partial charge in [0.25, 0.3) is 0 Å². The third kappa shape index (κ3) is 4.75. The number of hydrogen-bond acceptors (Lipinski definition) is 2. The van der Waals surface area contributed by atoms with E-state index in [9.17, 15) is 0 Å². The van der Waals surface area contributed by atoms with E-state index in [-0.39, 0.29) is 5.41 Å². The molecule has 0 amide bonds. The average molecular weight is 268 g/mol. The Balaban J connectivity index is 2.75. The Morgan fingerprint density at radius 1 is 1.16 bits per heavy atom. The lowest BCUT2D eigenvalue weighted by molar-refractivity contribution is 0.0776. The number of nitrogens with zero attached hydrogens (tertiary/aromatic N) is 1. The Hall–Kier alpha value is -0.0800. The molecule has 0 bridgehead atoms. The van der Waals surface area contributed by atoms with Crippen LogP contribution in [-0.2, 0) is 0 Å². The van der Waals surface area contributed by atoms with Gasteiger partial charge in [-0.25, -0.2) is 0 Å². The molecule has 0 spiro atoms. The lowest BCUT2D eigenvalue weighted by Crippen LogP contribution is -2.54. The lowest BCUT2D eigenvalue weighted by Gasteiger charge is -2.43. The number of hydrogen-bond donors (Lipinski definition) is 1. The summed E-state index contributed by atoms with van der Waals surface area (Å²) in [5.74, 6) is 1.73. The summed E-state index contributed by atoms with van der Waals surface area (Å²) in [5, 5.41) is 0. The summed E-state index contributed by atoms with van der Waals surface area (Å²) in [4.78, 5) is 2.69. The predicted octanol–water partition coefficient (Wildman–Crippen LogP) is 3.90. The summed E-state index contributed by atoms with van der Waals surface area (Å²) >= 11 is 0. The molecule has 1 saturated heterocycles. The van der Waals surface area contributed by atoms with E-state index in [0.717, 1.165) is 18.3 Å². The average Bonchev–Trinajstić information content (AvgIpc) is 2.53. The molecule has 1 aliphatic rings. The predicted molar refractivity (Wildman–Crippen MR) is 85.3 cm³/mol. The fourth-order valence-corrected chi connectivity index (χ4v) is 3.77. The molecule has 19 heavy (non-hydrogen) atoms. The van der Waals surface area contributed by atoms with E-state index < -0.39 is 0 Å². The summed E-state index contributed by atoms with van der Waals surface area (Å²) in [7, 11) is 0. The van der Waals surface area contributed by atoms with Crippen molar-refractivity contribution in [3.05, 3.63) is 0 Å². The van der Waals surface area contributed by atoms with Crippen molar-refractivity contribution in [1.29, 1.82) is 0 Å². The molecule has 1 rings (SSSR count). The Labute approximate surface area is 121 Å². The molecule has 114 valence electrons. The van der Waals surface area contributed by atoms with Crippen LogP contribution in [0, 0.1) is 17.3 Å². The molecule has 1 aliphatic heterocycles. The molecule has 2 nitrogen and oxygen atoms in total. The van der Waals surface area contributed by atoms with Gasteiger partial charge in [0.2, 0.25) is 0 Å². The second-order valence-corrected chi connectivity index (χ2v) is 7.85. The SMILES string of the molecule is CCC(N)C(N1CCCC(C(C)C)CC1)C(C)(C)C. The smallest absolute Gasteiger partial charge is 0.0295 e. The second kappa shape index (κ2) is 7.08. The number of nitrogens with two attached hydrogens (primary N) is 1. The van der Waals surface area contributed by atoms with Crippen LogP contribution in [0.25, 0.3) is 0 Å². The molecule has 2 N–H and O–H groups in total. The zero-order chi connectivity index (χ0) is 14.6. The van der Waals surface area contributed by atoms with Crippen LogP contribution >= 0.6 is 0 Å². The number of likely N-dealkylation sites (tertiary alicyclic amines) is 1. The molecule has 0 aromatic carbocycles. The summed E-state index contributed by atoms with van der Waals surface area (Å²) in [6.45, 7) is 16.5. The molecule has 1 heterocycles. The van der Waals surface area contributed by atoms with Gasteiger partial charge >= 0.3 is 0 Å². The van der Waals surface area contributed by atoms with Crippen molar-refractivity contribution < 1.29 is 0 Å². The normalized spacial score (nSPS) is 26.2. The zero-order valence-corrected chi connectivity index (χ0v) is 14.1. The summed E-state index contributed by atoms with van der Waals surface area (Å²) in [5.41, 5.74) is 6.71. The van der Waals surface area contributed by atoms with E-state index in [1.165, 1.54) is 32.4 Å². The van der Waals surface area contributed by atoms with Crippen molar-refractivity contribution in [3.8, 4) is 0 Å². The lowest BCUT2D eigenvalue weighted by atomic mass is 9.80. The minimum atomic E-state index is 0.271. The van der Waals surface area contributed by atoms with Crippen molar-refractivity contribution >= 4 is 0 Å². The second-order valence-electron chi connectivity index (χ2n) is 7.85. The third-order valence-electron chi connectivity index (χ3n) is 4.91. The van der Waals surface area contributed by atoms with Crippen molar-refractivity contribution in [2.24, 2.45) is 23.0 Å². The first-order chi connectivity index (χ1) is 8.77. The molecule has 0 aliphatic carbocycles. The Morgan fingerprint density at radius 2 is 1.79 bits per heavy atom. The summed E-state index contributed by atoms with van der Waals surface area (Å²) < 4.78 is 0. The fourth-order valence-electron chi connectivity index (χ4n) is 3.77. The maximum Gasteiger partial charge on any atom is 0.0295 e. The maximum atomic E-state index is 6.44. The van der Waals surface area contributed by atoms with Gasteiger partial charge in [0.05, 0.1) is 0 Å². The number of rotatable bonds is 4. The molecular weight excluding hydrogens is 232 g/mol. The summed E-state index contributed by atoms with van der Waals surface area (Å²) in [6, 6.07) is 0.819. The summed E-state index contributed by atoms with van der Waals surface area (Å²) in [6.07, 6.45) is 5.16. The highest BCUT2D eigenvalue weighted by Crippen LogP contribution is 2.32. The van der Waals surface area contributed by atoms with E-state index >= 15 is 0 Å². The van der Waals surface area contributed by atoms with E-state index in [1.54, 1.807) is 0 Å². The quantitative estimate of drug-likeness (QED) is 0.838. The minimum Gasteiger partial charge on any atom is -0.326 e. The molecule has 0 aromatic rings. The van der Waals surface area contributed by atoms with Gasteiger partial charge in [0.1, 0.15) is 0 Å². The van der Waals surface area contributed by atoms with E-state index in [1.807, 2.05) is 0 Å². The van der Waals surface area contributed by atoms with E-state index in [0.29, 0.717) is 12.1 Å². The van der Waals surface area contributed by atoms with Crippen LogP contribution in [0.2, 0.25) is 0 Å². The van der Waals surface area contributed by atoms with Gasteiger partial charge in [-0.05, 0) is 56.0 Å². The van der Waals surface area contributed by atoms with Crippen LogP contribution in [-0.4, -0.2) is 30.1 Å². The van der Waals surface area contributed by atoms with Gasteiger partial charge in [-0.2, -0.15) is 0 Å². The first-order valence-electron chi connectivity index (χ1n) is 8.27. The highest BCUT2D eigenvalue weighted by atomic mass is 15.2. The molecule has 3 atom stereocenters. The third-order valence-corrected chi connectivity index (χ3v) is 4.91. The van der Waals surface area contributed by atoms with Gasteiger partial charge in [0.15, 0.2) is 0 Å². The van der Waals surface area contributed by atoms with Crippen molar-refractivity contribution in [1.82, 2.24) is 4.90 Å². The topological polar surface area (TPSA) is 29.3 Å². The van der Waals surface area contributed by atoms with Gasteiger partial charge < -0.3 is 5.73 Å². The van der Waals surface area contributed by atoms with Crippen LogP contribution in [0.3, 0.4) is 0 Å². The molecule has 2 heteroatoms. The Morgan fingerprint density at radius 3 is 2.26 bits per heavy atom. The maximum absolute atomic E-state index is 6.44. The van der Waals surface area contributed by atoms with E-state index in [2.05, 4.69) is 46.4 Å². The highest BCUT2D eigenvalue weighted by Gasteiger charge is 2.35.